The lowest BCUT2D eigenvalue weighted by Crippen LogP contribution is -2.59. The molecular weight excluding hydrogens is 148 g/mol. The van der Waals surface area contributed by atoms with E-state index in [-0.39, 0.29) is 0 Å². The van der Waals surface area contributed by atoms with Crippen LogP contribution >= 0.6 is 0 Å². The molecule has 0 aliphatic carbocycles. The Morgan fingerprint density at radius 2 is 1.83 bits per heavy atom. The minimum absolute atomic E-state index is 0.693. The van der Waals surface area contributed by atoms with Crippen LogP contribution in [0.2, 0.25) is 0 Å². The van der Waals surface area contributed by atoms with Gasteiger partial charge in [-0.15, -0.1) is 0 Å². The third-order valence-electron chi connectivity index (χ3n) is 3.44. The van der Waals surface area contributed by atoms with E-state index in [9.17, 15) is 0 Å². The molecule has 0 saturated carbocycles. The van der Waals surface area contributed by atoms with Crippen molar-refractivity contribution in [1.82, 2.24) is 9.80 Å². The SMILES string of the molecule is CC(C)N1CC2(CCN(C)C2)C1. The van der Waals surface area contributed by atoms with Gasteiger partial charge in [0.1, 0.15) is 0 Å². The van der Waals surface area contributed by atoms with Crippen molar-refractivity contribution < 1.29 is 0 Å². The lowest BCUT2D eigenvalue weighted by Gasteiger charge is -2.50. The maximum atomic E-state index is 2.58. The van der Waals surface area contributed by atoms with Gasteiger partial charge in [-0.1, -0.05) is 0 Å². The van der Waals surface area contributed by atoms with Crippen LogP contribution < -0.4 is 0 Å². The van der Waals surface area contributed by atoms with Crippen molar-refractivity contribution in [2.75, 3.05) is 33.2 Å². The van der Waals surface area contributed by atoms with Crippen molar-refractivity contribution >= 4 is 0 Å². The summed E-state index contributed by atoms with van der Waals surface area (Å²) in [4.78, 5) is 5.05. The van der Waals surface area contributed by atoms with Gasteiger partial charge in [0.05, 0.1) is 0 Å². The van der Waals surface area contributed by atoms with Gasteiger partial charge in [0, 0.05) is 31.1 Å². The molecule has 2 aliphatic heterocycles. The first kappa shape index (κ1) is 8.52. The van der Waals surface area contributed by atoms with Gasteiger partial charge < -0.3 is 4.90 Å². The van der Waals surface area contributed by atoms with E-state index >= 15 is 0 Å². The third-order valence-corrected chi connectivity index (χ3v) is 3.44. The molecule has 2 fully saturated rings. The van der Waals surface area contributed by atoms with Gasteiger partial charge in [-0.05, 0) is 33.9 Å². The Morgan fingerprint density at radius 3 is 2.25 bits per heavy atom. The van der Waals surface area contributed by atoms with Crippen LogP contribution in [0.4, 0.5) is 0 Å². The molecule has 0 aromatic heterocycles. The number of nitrogens with zero attached hydrogens (tertiary/aromatic N) is 2. The van der Waals surface area contributed by atoms with Crippen LogP contribution in [0.3, 0.4) is 0 Å². The fraction of sp³-hybridized carbons (Fsp3) is 1.00. The van der Waals surface area contributed by atoms with Crippen LogP contribution in [0.5, 0.6) is 0 Å². The molecule has 12 heavy (non-hydrogen) atoms. The first-order valence-corrected chi connectivity index (χ1v) is 5.04. The van der Waals surface area contributed by atoms with Gasteiger partial charge in [0.15, 0.2) is 0 Å². The molecule has 0 radical (unpaired) electrons. The van der Waals surface area contributed by atoms with Gasteiger partial charge in [-0.3, -0.25) is 4.90 Å². The summed E-state index contributed by atoms with van der Waals surface area (Å²) >= 11 is 0. The maximum absolute atomic E-state index is 2.58. The highest BCUT2D eigenvalue weighted by Gasteiger charge is 2.46. The highest BCUT2D eigenvalue weighted by atomic mass is 15.3. The fourth-order valence-corrected chi connectivity index (χ4v) is 2.60. The summed E-state index contributed by atoms with van der Waals surface area (Å²) < 4.78 is 0. The average molecular weight is 168 g/mol. The molecule has 2 heterocycles. The van der Waals surface area contributed by atoms with Crippen LogP contribution in [0.25, 0.3) is 0 Å². The molecule has 2 nitrogen and oxygen atoms in total. The molecule has 0 aromatic carbocycles. The second-order valence-corrected chi connectivity index (χ2v) is 4.99. The van der Waals surface area contributed by atoms with Crippen molar-refractivity contribution in [3.8, 4) is 0 Å². The Balaban J connectivity index is 1.87. The van der Waals surface area contributed by atoms with Crippen molar-refractivity contribution in [2.45, 2.75) is 26.3 Å². The molecule has 0 bridgehead atoms. The van der Waals surface area contributed by atoms with Crippen LogP contribution in [-0.4, -0.2) is 49.1 Å². The zero-order valence-electron chi connectivity index (χ0n) is 8.51. The molecule has 0 unspecified atom stereocenters. The van der Waals surface area contributed by atoms with Gasteiger partial charge in [0.25, 0.3) is 0 Å². The quantitative estimate of drug-likeness (QED) is 0.577. The predicted molar refractivity (Wildman–Crippen MR) is 51.3 cm³/mol. The highest BCUT2D eigenvalue weighted by Crippen LogP contribution is 2.39. The normalized spacial score (nSPS) is 30.0. The topological polar surface area (TPSA) is 6.48 Å². The standard InChI is InChI=1S/C10H20N2/c1-9(2)12-7-10(8-12)4-5-11(3)6-10/h9H,4-8H2,1-3H3. The summed E-state index contributed by atoms with van der Waals surface area (Å²) in [6.07, 6.45) is 1.42. The molecule has 2 aliphatic rings. The number of hydrogen-bond donors (Lipinski definition) is 0. The first-order valence-electron chi connectivity index (χ1n) is 5.04. The molecule has 0 aromatic rings. The molecule has 2 heteroatoms. The smallest absolute Gasteiger partial charge is 0.00970 e. The zero-order valence-corrected chi connectivity index (χ0v) is 8.51. The van der Waals surface area contributed by atoms with Crippen LogP contribution in [0.1, 0.15) is 20.3 Å². The lowest BCUT2D eigenvalue weighted by atomic mass is 9.78. The van der Waals surface area contributed by atoms with E-state index in [2.05, 4.69) is 30.7 Å². The summed E-state index contributed by atoms with van der Waals surface area (Å²) in [5.41, 5.74) is 0.693. The molecule has 70 valence electrons. The Kier molecular flexibility index (Phi) is 1.92. The van der Waals surface area contributed by atoms with Gasteiger partial charge in [0.2, 0.25) is 0 Å². The Labute approximate surface area is 75.5 Å². The summed E-state index contributed by atoms with van der Waals surface area (Å²) in [6, 6.07) is 0.751. The molecule has 2 rings (SSSR count). The monoisotopic (exact) mass is 168 g/mol. The van der Waals surface area contributed by atoms with Gasteiger partial charge in [-0.25, -0.2) is 0 Å². The summed E-state index contributed by atoms with van der Waals surface area (Å²) in [7, 11) is 2.24. The predicted octanol–water partition coefficient (Wildman–Crippen LogP) is 1.03. The summed E-state index contributed by atoms with van der Waals surface area (Å²) in [5, 5.41) is 0. The van der Waals surface area contributed by atoms with E-state index in [1.54, 1.807) is 0 Å². The van der Waals surface area contributed by atoms with Crippen molar-refractivity contribution in [3.63, 3.8) is 0 Å². The van der Waals surface area contributed by atoms with Gasteiger partial charge in [-0.2, -0.15) is 0 Å². The summed E-state index contributed by atoms with van der Waals surface area (Å²) in [6.45, 7) is 9.92. The fourth-order valence-electron chi connectivity index (χ4n) is 2.60. The van der Waals surface area contributed by atoms with Crippen molar-refractivity contribution in [1.29, 1.82) is 0 Å². The molecule has 0 atom stereocenters. The number of rotatable bonds is 1. The highest BCUT2D eigenvalue weighted by molar-refractivity contribution is 5.01. The van der Waals surface area contributed by atoms with Crippen LogP contribution in [0.15, 0.2) is 0 Å². The second-order valence-electron chi connectivity index (χ2n) is 4.99. The Morgan fingerprint density at radius 1 is 1.17 bits per heavy atom. The lowest BCUT2D eigenvalue weighted by molar-refractivity contribution is -0.0127. The third kappa shape index (κ3) is 1.27. The van der Waals surface area contributed by atoms with Gasteiger partial charge >= 0.3 is 0 Å². The molecule has 0 N–H and O–H groups in total. The summed E-state index contributed by atoms with van der Waals surface area (Å²) in [5.74, 6) is 0. The van der Waals surface area contributed by atoms with Crippen LogP contribution in [-0.2, 0) is 0 Å². The van der Waals surface area contributed by atoms with E-state index < -0.39 is 0 Å². The zero-order chi connectivity index (χ0) is 8.77. The Hall–Kier alpha value is -0.0800. The van der Waals surface area contributed by atoms with E-state index in [1.807, 2.05) is 0 Å². The van der Waals surface area contributed by atoms with Crippen molar-refractivity contribution in [2.24, 2.45) is 5.41 Å². The molecular formula is C10H20N2. The molecule has 1 spiro atoms. The minimum atomic E-state index is 0.693. The minimum Gasteiger partial charge on any atom is -0.306 e. The second kappa shape index (κ2) is 2.71. The maximum Gasteiger partial charge on any atom is 0.00970 e. The van der Waals surface area contributed by atoms with Crippen LogP contribution in [0, 0.1) is 5.41 Å². The first-order chi connectivity index (χ1) is 5.61. The van der Waals surface area contributed by atoms with E-state index in [1.165, 1.54) is 32.6 Å². The average Bonchev–Trinajstić information content (AvgIpc) is 2.27. The molecule has 2 saturated heterocycles. The number of likely N-dealkylation sites (tertiary alicyclic amines) is 2. The van der Waals surface area contributed by atoms with E-state index in [4.69, 9.17) is 0 Å². The van der Waals surface area contributed by atoms with Crippen molar-refractivity contribution in [3.05, 3.63) is 0 Å². The van der Waals surface area contributed by atoms with E-state index in [0.717, 1.165) is 6.04 Å². The number of hydrogen-bond acceptors (Lipinski definition) is 2. The molecule has 0 amide bonds. The van der Waals surface area contributed by atoms with E-state index in [0.29, 0.717) is 5.41 Å². The Bertz CT molecular complexity index is 171. The largest absolute Gasteiger partial charge is 0.306 e.